The molecule has 2 aromatic heterocycles. The quantitative estimate of drug-likeness (QED) is 0.691. The van der Waals surface area contributed by atoms with Crippen molar-refractivity contribution in [2.24, 2.45) is 0 Å². The zero-order chi connectivity index (χ0) is 21.6. The lowest BCUT2D eigenvalue weighted by atomic mass is 10.1. The number of nitrogens with zero attached hydrogens (tertiary/aromatic N) is 3. The van der Waals surface area contributed by atoms with E-state index in [0.717, 1.165) is 21.5 Å². The lowest BCUT2D eigenvalue weighted by Crippen LogP contribution is -2.32. The number of pyridine rings is 1. The second-order valence-electron chi connectivity index (χ2n) is 7.79. The molecule has 0 bridgehead atoms. The Kier molecular flexibility index (Phi) is 7.66. The molecule has 0 unspecified atom stereocenters. The zero-order valence-electron chi connectivity index (χ0n) is 17.5. The largest absolute Gasteiger partial charge is 0.444 e. The van der Waals surface area contributed by atoms with E-state index in [2.05, 4.69) is 20.6 Å². The van der Waals surface area contributed by atoms with Crippen molar-refractivity contribution in [3.05, 3.63) is 47.3 Å². The molecule has 2 aromatic rings. The highest BCUT2D eigenvalue weighted by Crippen LogP contribution is 2.17. The fraction of sp³-hybridized carbons (Fsp3) is 0.550. The summed E-state index contributed by atoms with van der Waals surface area (Å²) in [5.74, 6) is 0.345. The molecule has 0 aliphatic heterocycles. The molecular weight excluding hydrogens is 380 g/mol. The van der Waals surface area contributed by atoms with Crippen molar-refractivity contribution in [2.45, 2.75) is 65.8 Å². The predicted octanol–water partition coefficient (Wildman–Crippen LogP) is 3.90. The van der Waals surface area contributed by atoms with Crippen LogP contribution in [0.5, 0.6) is 0 Å². The molecule has 29 heavy (non-hydrogen) atoms. The minimum absolute atomic E-state index is 0.00896. The number of hydrogen-bond acceptors (Lipinski definition) is 5. The summed E-state index contributed by atoms with van der Waals surface area (Å²) in [4.78, 5) is 20.3. The third-order valence-electron chi connectivity index (χ3n) is 4.22. The summed E-state index contributed by atoms with van der Waals surface area (Å²) < 4.78 is 31.8. The second-order valence-corrected chi connectivity index (χ2v) is 7.79. The van der Waals surface area contributed by atoms with Crippen LogP contribution in [0, 0.1) is 6.92 Å². The second kappa shape index (κ2) is 9.78. The van der Waals surface area contributed by atoms with E-state index in [1.807, 2.05) is 26.0 Å². The Balaban J connectivity index is 1.87. The Labute approximate surface area is 169 Å². The van der Waals surface area contributed by atoms with Crippen LogP contribution in [-0.4, -0.2) is 32.8 Å². The van der Waals surface area contributed by atoms with Gasteiger partial charge < -0.3 is 15.4 Å². The molecule has 2 rings (SSSR count). The number of amides is 1. The van der Waals surface area contributed by atoms with Gasteiger partial charge in [-0.2, -0.15) is 8.78 Å². The summed E-state index contributed by atoms with van der Waals surface area (Å²) in [6, 6.07) is 3.79. The molecule has 0 radical (unpaired) electrons. The number of aryl methyl sites for hydroxylation is 1. The molecule has 0 aliphatic carbocycles. The Morgan fingerprint density at radius 1 is 1.31 bits per heavy atom. The molecule has 9 heteroatoms. The van der Waals surface area contributed by atoms with Gasteiger partial charge in [0.05, 0.1) is 12.2 Å². The van der Waals surface area contributed by atoms with Gasteiger partial charge >= 0.3 is 12.6 Å². The first-order valence-electron chi connectivity index (χ1n) is 9.53. The number of halogens is 2. The first kappa shape index (κ1) is 22.7. The van der Waals surface area contributed by atoms with E-state index in [0.29, 0.717) is 18.8 Å². The van der Waals surface area contributed by atoms with Crippen LogP contribution in [0.15, 0.2) is 24.5 Å². The third-order valence-corrected chi connectivity index (χ3v) is 4.22. The Bertz CT molecular complexity index is 817. The smallest absolute Gasteiger partial charge is 0.407 e. The average Bonchev–Trinajstić information content (AvgIpc) is 3.07. The molecule has 2 heterocycles. The van der Waals surface area contributed by atoms with Gasteiger partial charge in [0.1, 0.15) is 11.4 Å². The number of rotatable bonds is 8. The monoisotopic (exact) mass is 409 g/mol. The van der Waals surface area contributed by atoms with Crippen molar-refractivity contribution in [1.82, 2.24) is 25.2 Å². The van der Waals surface area contributed by atoms with Crippen molar-refractivity contribution in [3.63, 3.8) is 0 Å². The lowest BCUT2D eigenvalue weighted by Gasteiger charge is -2.20. The molecule has 0 aliphatic rings. The zero-order valence-corrected chi connectivity index (χ0v) is 17.5. The summed E-state index contributed by atoms with van der Waals surface area (Å²) >= 11 is 0. The highest BCUT2D eigenvalue weighted by atomic mass is 19.3. The van der Waals surface area contributed by atoms with Gasteiger partial charge in [-0.05, 0) is 46.2 Å². The standard InChI is InChI=1S/C20H29F2N5O2/c1-13(23-9-8-17-24-10-11-27(17)18(21)22)16-7-6-15(26-14(16)2)12-25-19(28)29-20(3,4)5/h6-7,10-11,13,18,23H,8-9,12H2,1-5H3,(H,25,28)/t13-/m0/s1. The van der Waals surface area contributed by atoms with Gasteiger partial charge in [0.15, 0.2) is 0 Å². The van der Waals surface area contributed by atoms with Gasteiger partial charge in [0.25, 0.3) is 0 Å². The summed E-state index contributed by atoms with van der Waals surface area (Å²) in [5, 5.41) is 6.00. The molecule has 160 valence electrons. The SMILES string of the molecule is Cc1nc(CNC(=O)OC(C)(C)C)ccc1[C@H](C)NCCc1nccn1C(F)F. The molecule has 1 atom stereocenters. The van der Waals surface area contributed by atoms with Gasteiger partial charge in [0.2, 0.25) is 0 Å². The van der Waals surface area contributed by atoms with Crippen molar-refractivity contribution in [2.75, 3.05) is 6.54 Å². The topological polar surface area (TPSA) is 81.1 Å². The molecule has 0 spiro atoms. The summed E-state index contributed by atoms with van der Waals surface area (Å²) in [7, 11) is 0. The summed E-state index contributed by atoms with van der Waals surface area (Å²) in [6.45, 7) is 7.49. The van der Waals surface area contributed by atoms with E-state index < -0.39 is 18.2 Å². The van der Waals surface area contributed by atoms with Crippen LogP contribution in [0.1, 0.15) is 63.1 Å². The van der Waals surface area contributed by atoms with E-state index >= 15 is 0 Å². The third kappa shape index (κ3) is 7.08. The van der Waals surface area contributed by atoms with Crippen LogP contribution in [0.2, 0.25) is 0 Å². The number of alkyl halides is 2. The molecule has 0 saturated heterocycles. The van der Waals surface area contributed by atoms with E-state index in [9.17, 15) is 13.6 Å². The Hall–Kier alpha value is -2.55. The number of hydrogen-bond donors (Lipinski definition) is 2. The first-order chi connectivity index (χ1) is 13.6. The highest BCUT2D eigenvalue weighted by Gasteiger charge is 2.16. The molecule has 1 amide bonds. The van der Waals surface area contributed by atoms with E-state index in [1.165, 1.54) is 12.4 Å². The van der Waals surface area contributed by atoms with Crippen molar-refractivity contribution in [3.8, 4) is 0 Å². The number of aromatic nitrogens is 3. The fourth-order valence-corrected chi connectivity index (χ4v) is 2.88. The number of nitrogens with one attached hydrogen (secondary N) is 2. The van der Waals surface area contributed by atoms with Crippen LogP contribution >= 0.6 is 0 Å². The number of alkyl carbamates (subject to hydrolysis) is 1. The lowest BCUT2D eigenvalue weighted by molar-refractivity contribution is 0.0522. The molecule has 0 saturated carbocycles. The maximum absolute atomic E-state index is 12.9. The van der Waals surface area contributed by atoms with Gasteiger partial charge in [-0.1, -0.05) is 6.07 Å². The Morgan fingerprint density at radius 2 is 2.03 bits per heavy atom. The molecule has 0 aromatic carbocycles. The van der Waals surface area contributed by atoms with E-state index in [4.69, 9.17) is 4.74 Å². The number of carbonyl (C=O) groups excluding carboxylic acids is 1. The normalized spacial score (nSPS) is 12.8. The minimum Gasteiger partial charge on any atom is -0.444 e. The molecule has 0 fully saturated rings. The van der Waals surface area contributed by atoms with Crippen molar-refractivity contribution >= 4 is 6.09 Å². The molecule has 7 nitrogen and oxygen atoms in total. The van der Waals surface area contributed by atoms with Gasteiger partial charge in [-0.3, -0.25) is 9.55 Å². The number of imidazole rings is 1. The maximum Gasteiger partial charge on any atom is 0.407 e. The van der Waals surface area contributed by atoms with E-state index in [1.54, 1.807) is 20.8 Å². The van der Waals surface area contributed by atoms with Crippen LogP contribution in [0.4, 0.5) is 13.6 Å². The van der Waals surface area contributed by atoms with Crippen LogP contribution in [-0.2, 0) is 17.7 Å². The van der Waals surface area contributed by atoms with Crippen molar-refractivity contribution in [1.29, 1.82) is 0 Å². The van der Waals surface area contributed by atoms with Crippen molar-refractivity contribution < 1.29 is 18.3 Å². The fourth-order valence-electron chi connectivity index (χ4n) is 2.88. The van der Waals surface area contributed by atoms with E-state index in [-0.39, 0.29) is 12.6 Å². The van der Waals surface area contributed by atoms with Gasteiger partial charge in [-0.25, -0.2) is 9.78 Å². The van der Waals surface area contributed by atoms with Crippen LogP contribution in [0.3, 0.4) is 0 Å². The summed E-state index contributed by atoms with van der Waals surface area (Å²) in [6.07, 6.45) is 2.56. The highest BCUT2D eigenvalue weighted by molar-refractivity contribution is 5.67. The number of ether oxygens (including phenoxy) is 1. The predicted molar refractivity (Wildman–Crippen MR) is 106 cm³/mol. The Morgan fingerprint density at radius 3 is 2.66 bits per heavy atom. The van der Waals surface area contributed by atoms with Crippen LogP contribution < -0.4 is 10.6 Å². The molecular formula is C20H29F2N5O2. The van der Waals surface area contributed by atoms with Gasteiger partial charge in [0, 0.05) is 37.1 Å². The average molecular weight is 409 g/mol. The first-order valence-corrected chi connectivity index (χ1v) is 9.53. The maximum atomic E-state index is 12.9. The number of carbonyl (C=O) groups is 1. The van der Waals surface area contributed by atoms with Gasteiger partial charge in [-0.15, -0.1) is 0 Å². The van der Waals surface area contributed by atoms with Crippen LogP contribution in [0.25, 0.3) is 0 Å². The molecule has 2 N–H and O–H groups in total. The minimum atomic E-state index is -2.58. The summed E-state index contributed by atoms with van der Waals surface area (Å²) in [5.41, 5.74) is 2.01.